The standard InChI is InChI=1S/C14H9BrN2O3S/c15-14-5-4-13(21-14)12(18)8-16-7-6-9-10(16)2-1-3-11(9)17(19)20/h1-7H,8H2. The molecule has 0 aliphatic heterocycles. The minimum absolute atomic E-state index is 0.0188. The number of ketones is 1. The van der Waals surface area contributed by atoms with Crippen LogP contribution in [-0.4, -0.2) is 15.3 Å². The van der Waals surface area contributed by atoms with Crippen molar-refractivity contribution in [3.05, 3.63) is 61.4 Å². The van der Waals surface area contributed by atoms with Crippen molar-refractivity contribution in [2.75, 3.05) is 0 Å². The first-order valence-corrected chi connectivity index (χ1v) is 7.68. The van der Waals surface area contributed by atoms with Gasteiger partial charge < -0.3 is 4.57 Å². The highest BCUT2D eigenvalue weighted by Gasteiger charge is 2.16. The Kier molecular flexibility index (Phi) is 3.60. The first-order valence-electron chi connectivity index (χ1n) is 6.07. The molecule has 0 aliphatic rings. The minimum Gasteiger partial charge on any atom is -0.339 e. The zero-order chi connectivity index (χ0) is 15.0. The molecule has 3 aromatic rings. The van der Waals surface area contributed by atoms with E-state index in [0.717, 1.165) is 3.79 Å². The Morgan fingerprint density at radius 3 is 2.76 bits per heavy atom. The quantitative estimate of drug-likeness (QED) is 0.394. The Labute approximate surface area is 132 Å². The van der Waals surface area contributed by atoms with Gasteiger partial charge in [-0.1, -0.05) is 6.07 Å². The summed E-state index contributed by atoms with van der Waals surface area (Å²) in [5, 5.41) is 11.5. The molecule has 2 heterocycles. The number of carbonyl (C=O) groups excluding carboxylic acids is 1. The van der Waals surface area contributed by atoms with Gasteiger partial charge in [0.2, 0.25) is 0 Å². The maximum atomic E-state index is 12.2. The fourth-order valence-electron chi connectivity index (χ4n) is 2.20. The maximum absolute atomic E-state index is 12.2. The van der Waals surface area contributed by atoms with Crippen LogP contribution in [0.25, 0.3) is 10.9 Å². The fourth-order valence-corrected chi connectivity index (χ4v) is 3.52. The molecule has 106 valence electrons. The largest absolute Gasteiger partial charge is 0.339 e. The second-order valence-corrected chi connectivity index (χ2v) is 6.90. The van der Waals surface area contributed by atoms with E-state index in [0.29, 0.717) is 15.8 Å². The lowest BCUT2D eigenvalue weighted by Gasteiger charge is -2.03. The van der Waals surface area contributed by atoms with Crippen molar-refractivity contribution >= 4 is 49.6 Å². The summed E-state index contributed by atoms with van der Waals surface area (Å²) in [6.07, 6.45) is 1.71. The molecule has 21 heavy (non-hydrogen) atoms. The summed E-state index contributed by atoms with van der Waals surface area (Å²) < 4.78 is 2.64. The van der Waals surface area contributed by atoms with Crippen LogP contribution in [0.4, 0.5) is 5.69 Å². The van der Waals surface area contributed by atoms with E-state index in [9.17, 15) is 14.9 Å². The number of halogens is 1. The van der Waals surface area contributed by atoms with E-state index in [1.54, 1.807) is 35.0 Å². The van der Waals surface area contributed by atoms with Crippen molar-refractivity contribution in [1.29, 1.82) is 0 Å². The van der Waals surface area contributed by atoms with E-state index in [4.69, 9.17) is 0 Å². The molecule has 3 rings (SSSR count). The molecule has 7 heteroatoms. The van der Waals surface area contributed by atoms with Gasteiger partial charge >= 0.3 is 0 Å². The monoisotopic (exact) mass is 364 g/mol. The highest BCUT2D eigenvalue weighted by atomic mass is 79.9. The molecule has 0 fully saturated rings. The minimum atomic E-state index is -0.412. The van der Waals surface area contributed by atoms with Crippen LogP contribution in [0.3, 0.4) is 0 Å². The van der Waals surface area contributed by atoms with E-state index < -0.39 is 4.92 Å². The molecule has 0 atom stereocenters. The van der Waals surface area contributed by atoms with Gasteiger partial charge in [-0.15, -0.1) is 11.3 Å². The first-order chi connectivity index (χ1) is 10.1. The second kappa shape index (κ2) is 5.42. The molecular formula is C14H9BrN2O3S. The van der Waals surface area contributed by atoms with Gasteiger partial charge in [-0.3, -0.25) is 14.9 Å². The van der Waals surface area contributed by atoms with Gasteiger partial charge in [-0.2, -0.15) is 0 Å². The molecule has 1 aromatic carbocycles. The van der Waals surface area contributed by atoms with Crippen LogP contribution < -0.4 is 0 Å². The van der Waals surface area contributed by atoms with Gasteiger partial charge in [-0.05, 0) is 40.2 Å². The van der Waals surface area contributed by atoms with E-state index in [-0.39, 0.29) is 18.0 Å². The number of thiophene rings is 1. The third-order valence-corrected chi connectivity index (χ3v) is 4.81. The summed E-state index contributed by atoms with van der Waals surface area (Å²) in [6, 6.07) is 10.1. The Bertz CT molecular complexity index is 853. The molecule has 0 saturated heterocycles. The van der Waals surface area contributed by atoms with E-state index >= 15 is 0 Å². The molecule has 0 spiro atoms. The number of carbonyl (C=O) groups is 1. The number of hydrogen-bond donors (Lipinski definition) is 0. The second-order valence-electron chi connectivity index (χ2n) is 4.44. The van der Waals surface area contributed by atoms with Crippen molar-refractivity contribution in [2.45, 2.75) is 6.54 Å². The van der Waals surface area contributed by atoms with Gasteiger partial charge in [0.1, 0.15) is 0 Å². The predicted molar refractivity (Wildman–Crippen MR) is 84.9 cm³/mol. The summed E-state index contributed by atoms with van der Waals surface area (Å²) in [4.78, 5) is 23.5. The lowest BCUT2D eigenvalue weighted by molar-refractivity contribution is -0.383. The van der Waals surface area contributed by atoms with Crippen LogP contribution in [0.2, 0.25) is 0 Å². The SMILES string of the molecule is O=C(Cn1ccc2c([N+](=O)[O-])cccc21)c1ccc(Br)s1. The molecule has 2 aromatic heterocycles. The number of nitro groups is 1. The number of non-ortho nitro benzene ring substituents is 1. The molecular weight excluding hydrogens is 356 g/mol. The number of nitrogens with zero attached hydrogens (tertiary/aromatic N) is 2. The molecule has 5 nitrogen and oxygen atoms in total. The van der Waals surface area contributed by atoms with Crippen molar-refractivity contribution in [1.82, 2.24) is 4.57 Å². The van der Waals surface area contributed by atoms with Crippen LogP contribution in [0, 0.1) is 10.1 Å². The van der Waals surface area contributed by atoms with Crippen LogP contribution in [0.15, 0.2) is 46.4 Å². The normalized spacial score (nSPS) is 10.9. The van der Waals surface area contributed by atoms with Crippen LogP contribution in [-0.2, 0) is 6.54 Å². The van der Waals surface area contributed by atoms with Gasteiger partial charge in [0, 0.05) is 12.3 Å². The Balaban J connectivity index is 1.97. The Morgan fingerprint density at radius 1 is 1.29 bits per heavy atom. The Hall–Kier alpha value is -1.99. The molecule has 0 bridgehead atoms. The van der Waals surface area contributed by atoms with Gasteiger partial charge in [0.15, 0.2) is 5.78 Å². The zero-order valence-corrected chi connectivity index (χ0v) is 13.1. The zero-order valence-electron chi connectivity index (χ0n) is 10.7. The number of Topliss-reactive ketones (excluding diaryl/α,β-unsaturated/α-hetero) is 1. The number of fused-ring (bicyclic) bond motifs is 1. The summed E-state index contributed by atoms with van der Waals surface area (Å²) in [7, 11) is 0. The van der Waals surface area contributed by atoms with E-state index in [1.807, 2.05) is 6.07 Å². The van der Waals surface area contributed by atoms with Crippen LogP contribution >= 0.6 is 27.3 Å². The molecule has 0 saturated carbocycles. The summed E-state index contributed by atoms with van der Waals surface area (Å²) >= 11 is 4.70. The number of aromatic nitrogens is 1. The van der Waals surface area contributed by atoms with Gasteiger partial charge in [0.05, 0.1) is 31.0 Å². The van der Waals surface area contributed by atoms with Crippen molar-refractivity contribution in [2.24, 2.45) is 0 Å². The third-order valence-electron chi connectivity index (χ3n) is 3.15. The molecule has 0 radical (unpaired) electrons. The predicted octanol–water partition coefficient (Wildman–Crippen LogP) is 4.26. The third kappa shape index (κ3) is 2.62. The first kappa shape index (κ1) is 14.0. The molecule has 0 aliphatic carbocycles. The highest BCUT2D eigenvalue weighted by Crippen LogP contribution is 2.27. The van der Waals surface area contributed by atoms with Crippen LogP contribution in [0.5, 0.6) is 0 Å². The number of benzene rings is 1. The fraction of sp³-hybridized carbons (Fsp3) is 0.0714. The maximum Gasteiger partial charge on any atom is 0.278 e. The van der Waals surface area contributed by atoms with Crippen molar-refractivity contribution in [3.8, 4) is 0 Å². The topological polar surface area (TPSA) is 65.1 Å². The number of rotatable bonds is 4. The molecule has 0 N–H and O–H groups in total. The number of nitro benzene ring substituents is 1. The smallest absolute Gasteiger partial charge is 0.278 e. The van der Waals surface area contributed by atoms with E-state index in [2.05, 4.69) is 15.9 Å². The van der Waals surface area contributed by atoms with Crippen LogP contribution in [0.1, 0.15) is 9.67 Å². The van der Waals surface area contributed by atoms with Crippen molar-refractivity contribution < 1.29 is 9.72 Å². The average Bonchev–Trinajstić information content (AvgIpc) is 3.05. The summed E-state index contributed by atoms with van der Waals surface area (Å²) in [5.41, 5.74) is 0.741. The highest BCUT2D eigenvalue weighted by molar-refractivity contribution is 9.11. The lowest BCUT2D eigenvalue weighted by Crippen LogP contribution is -2.07. The van der Waals surface area contributed by atoms with Gasteiger partial charge in [-0.25, -0.2) is 0 Å². The Morgan fingerprint density at radius 2 is 2.10 bits per heavy atom. The van der Waals surface area contributed by atoms with E-state index in [1.165, 1.54) is 17.4 Å². The lowest BCUT2D eigenvalue weighted by atomic mass is 10.2. The summed E-state index contributed by atoms with van der Waals surface area (Å²) in [6.45, 7) is 0.164. The van der Waals surface area contributed by atoms with Crippen molar-refractivity contribution in [3.63, 3.8) is 0 Å². The van der Waals surface area contributed by atoms with Gasteiger partial charge in [0.25, 0.3) is 5.69 Å². The average molecular weight is 365 g/mol. The molecule has 0 amide bonds. The number of hydrogen-bond acceptors (Lipinski definition) is 4. The summed E-state index contributed by atoms with van der Waals surface area (Å²) in [5.74, 6) is -0.0188. The molecule has 0 unspecified atom stereocenters.